The lowest BCUT2D eigenvalue weighted by Gasteiger charge is -2.06. The van der Waals surface area contributed by atoms with Crippen LogP contribution < -0.4 is 4.74 Å². The van der Waals surface area contributed by atoms with Crippen molar-refractivity contribution in [2.45, 2.75) is 33.1 Å². The summed E-state index contributed by atoms with van der Waals surface area (Å²) >= 11 is 3.44. The second kappa shape index (κ2) is 8.95. The van der Waals surface area contributed by atoms with Crippen LogP contribution in [0, 0.1) is 0 Å². The van der Waals surface area contributed by atoms with Crippen molar-refractivity contribution in [2.75, 3.05) is 6.61 Å². The van der Waals surface area contributed by atoms with Crippen molar-refractivity contribution in [1.82, 2.24) is 14.8 Å². The van der Waals surface area contributed by atoms with Crippen LogP contribution in [0.3, 0.4) is 0 Å². The average molecular weight is 428 g/mol. The van der Waals surface area contributed by atoms with Crippen molar-refractivity contribution >= 4 is 21.8 Å². The number of benzene rings is 2. The van der Waals surface area contributed by atoms with E-state index >= 15 is 0 Å². The molecule has 0 radical (unpaired) electrons. The Balaban J connectivity index is 2.01. The van der Waals surface area contributed by atoms with Crippen LogP contribution in [0.1, 0.15) is 42.6 Å². The Hall–Kier alpha value is -2.47. The van der Waals surface area contributed by atoms with E-state index in [1.54, 1.807) is 6.07 Å². The highest BCUT2D eigenvalue weighted by Gasteiger charge is 2.21. The van der Waals surface area contributed by atoms with Gasteiger partial charge in [-0.3, -0.25) is 4.79 Å². The number of carbonyl (C=O) groups excluding carboxylic acids is 1. The van der Waals surface area contributed by atoms with Gasteiger partial charge in [-0.1, -0.05) is 56.7 Å². The molecule has 3 rings (SSSR count). The molecule has 0 fully saturated rings. The monoisotopic (exact) mass is 427 g/mol. The quantitative estimate of drug-likeness (QED) is 0.489. The number of aromatic nitrogens is 3. The summed E-state index contributed by atoms with van der Waals surface area (Å²) in [5.74, 6) is 0.222. The minimum atomic E-state index is -0.255. The van der Waals surface area contributed by atoms with Crippen LogP contribution in [-0.2, 0) is 6.42 Å². The fourth-order valence-electron chi connectivity index (χ4n) is 2.63. The summed E-state index contributed by atoms with van der Waals surface area (Å²) in [7, 11) is 0. The lowest BCUT2D eigenvalue weighted by atomic mass is 10.1. The summed E-state index contributed by atoms with van der Waals surface area (Å²) in [6.45, 7) is 4.72. The van der Waals surface area contributed by atoms with Crippen LogP contribution in [0.2, 0.25) is 0 Å². The van der Waals surface area contributed by atoms with Gasteiger partial charge in [-0.25, -0.2) is 0 Å². The van der Waals surface area contributed by atoms with Gasteiger partial charge in [0.1, 0.15) is 0 Å². The maximum Gasteiger partial charge on any atom is 0.336 e. The number of halogens is 1. The molecule has 1 heterocycles. The first kappa shape index (κ1) is 19.3. The first-order chi connectivity index (χ1) is 13.1. The van der Waals surface area contributed by atoms with E-state index in [4.69, 9.17) is 4.74 Å². The van der Waals surface area contributed by atoms with E-state index in [1.165, 1.54) is 10.2 Å². The Morgan fingerprint density at radius 1 is 1.11 bits per heavy atom. The number of rotatable bonds is 7. The van der Waals surface area contributed by atoms with Gasteiger partial charge in [0.15, 0.2) is 5.82 Å². The molecule has 27 heavy (non-hydrogen) atoms. The van der Waals surface area contributed by atoms with Crippen LogP contribution in [0.4, 0.5) is 0 Å². The van der Waals surface area contributed by atoms with Crippen LogP contribution in [0.15, 0.2) is 53.0 Å². The maximum absolute atomic E-state index is 13.1. The summed E-state index contributed by atoms with van der Waals surface area (Å²) in [6.07, 6.45) is 2.88. The fourth-order valence-corrected chi connectivity index (χ4v) is 3.08. The highest BCUT2D eigenvalue weighted by Crippen LogP contribution is 2.24. The van der Waals surface area contributed by atoms with Crippen molar-refractivity contribution in [1.29, 1.82) is 0 Å². The Kier molecular flexibility index (Phi) is 6.40. The lowest BCUT2D eigenvalue weighted by molar-refractivity contribution is 0.0944. The molecule has 0 saturated heterocycles. The number of carbonyl (C=O) groups is 1. The summed E-state index contributed by atoms with van der Waals surface area (Å²) in [4.78, 5) is 17.6. The van der Waals surface area contributed by atoms with Crippen LogP contribution in [0.25, 0.3) is 11.4 Å². The third-order valence-electron chi connectivity index (χ3n) is 4.23. The van der Waals surface area contributed by atoms with Crippen LogP contribution in [0.5, 0.6) is 6.01 Å². The third-order valence-corrected chi connectivity index (χ3v) is 4.93. The van der Waals surface area contributed by atoms with Gasteiger partial charge < -0.3 is 4.74 Å². The van der Waals surface area contributed by atoms with Gasteiger partial charge in [0, 0.05) is 10.0 Å². The molecule has 0 spiro atoms. The molecule has 0 amide bonds. The molecule has 0 bridgehead atoms. The molecule has 0 saturated carbocycles. The zero-order chi connectivity index (χ0) is 19.2. The van der Waals surface area contributed by atoms with Gasteiger partial charge in [0.2, 0.25) is 0 Å². The number of nitrogens with zero attached hydrogens (tertiary/aromatic N) is 3. The van der Waals surface area contributed by atoms with Gasteiger partial charge >= 0.3 is 6.01 Å². The predicted molar refractivity (Wildman–Crippen MR) is 109 cm³/mol. The van der Waals surface area contributed by atoms with E-state index in [1.807, 2.05) is 42.5 Å². The summed E-state index contributed by atoms with van der Waals surface area (Å²) in [6, 6.07) is 15.5. The molecule has 6 heteroatoms. The van der Waals surface area contributed by atoms with E-state index in [0.717, 1.165) is 24.8 Å². The van der Waals surface area contributed by atoms with E-state index in [9.17, 15) is 4.79 Å². The van der Waals surface area contributed by atoms with Crippen molar-refractivity contribution in [2.24, 2.45) is 0 Å². The summed E-state index contributed by atoms with van der Waals surface area (Å²) in [5.41, 5.74) is 2.57. The average Bonchev–Trinajstić information content (AvgIpc) is 3.12. The predicted octanol–water partition coefficient (Wildman–Crippen LogP) is 5.14. The van der Waals surface area contributed by atoms with Gasteiger partial charge in [-0.05, 0) is 46.5 Å². The number of hydrogen-bond donors (Lipinski definition) is 0. The third kappa shape index (κ3) is 4.45. The van der Waals surface area contributed by atoms with E-state index in [2.05, 4.69) is 39.9 Å². The lowest BCUT2D eigenvalue weighted by Crippen LogP contribution is -2.16. The van der Waals surface area contributed by atoms with E-state index in [-0.39, 0.29) is 11.9 Å². The molecular weight excluding hydrogens is 406 g/mol. The molecule has 0 aliphatic carbocycles. The topological polar surface area (TPSA) is 57.0 Å². The number of hydrogen-bond acceptors (Lipinski definition) is 4. The molecule has 1 aromatic heterocycles. The number of unbranched alkanes of at least 4 members (excludes halogenated alkanes) is 1. The smallest absolute Gasteiger partial charge is 0.336 e. The van der Waals surface area contributed by atoms with E-state index < -0.39 is 0 Å². The Labute approximate surface area is 167 Å². The second-order valence-corrected chi connectivity index (χ2v) is 7.02. The zero-order valence-corrected chi connectivity index (χ0v) is 17.1. The second-order valence-electron chi connectivity index (χ2n) is 6.17. The van der Waals surface area contributed by atoms with Gasteiger partial charge in [0.25, 0.3) is 5.91 Å². The van der Waals surface area contributed by atoms with E-state index in [0.29, 0.717) is 22.5 Å². The van der Waals surface area contributed by atoms with Crippen molar-refractivity contribution < 1.29 is 9.53 Å². The minimum Gasteiger partial charge on any atom is -0.462 e. The van der Waals surface area contributed by atoms with Crippen LogP contribution >= 0.6 is 15.9 Å². The number of ether oxygens (including phenoxy) is 1. The van der Waals surface area contributed by atoms with Crippen LogP contribution in [-0.4, -0.2) is 27.3 Å². The molecule has 0 N–H and O–H groups in total. The Morgan fingerprint density at radius 2 is 1.85 bits per heavy atom. The standard InChI is InChI=1S/C21H22BrN3O2/c1-3-5-14-27-21-23-19(16-12-10-15(4-2)11-13-16)25(24-21)20(26)17-8-6-7-9-18(17)22/h6-13H,3-5,14H2,1-2H3. The summed E-state index contributed by atoms with van der Waals surface area (Å²) in [5, 5.41) is 4.33. The largest absolute Gasteiger partial charge is 0.462 e. The molecule has 0 atom stereocenters. The molecule has 2 aromatic carbocycles. The van der Waals surface area contributed by atoms with Gasteiger partial charge in [0.05, 0.1) is 12.2 Å². The first-order valence-corrected chi connectivity index (χ1v) is 9.91. The number of aryl methyl sites for hydroxylation is 1. The Morgan fingerprint density at radius 3 is 2.52 bits per heavy atom. The highest BCUT2D eigenvalue weighted by molar-refractivity contribution is 9.10. The maximum atomic E-state index is 13.1. The summed E-state index contributed by atoms with van der Waals surface area (Å²) < 4.78 is 7.68. The fraction of sp³-hybridized carbons (Fsp3) is 0.286. The normalized spacial score (nSPS) is 10.8. The molecule has 140 valence electrons. The Bertz CT molecular complexity index is 919. The molecule has 5 nitrogen and oxygen atoms in total. The molecular formula is C21H22BrN3O2. The molecule has 0 aliphatic rings. The van der Waals surface area contributed by atoms with Crippen molar-refractivity contribution in [3.63, 3.8) is 0 Å². The molecule has 0 unspecified atom stereocenters. The first-order valence-electron chi connectivity index (χ1n) is 9.12. The zero-order valence-electron chi connectivity index (χ0n) is 15.5. The highest BCUT2D eigenvalue weighted by atomic mass is 79.9. The van der Waals surface area contributed by atoms with Crippen molar-refractivity contribution in [3.05, 3.63) is 64.1 Å². The van der Waals surface area contributed by atoms with Crippen molar-refractivity contribution in [3.8, 4) is 17.4 Å². The van der Waals surface area contributed by atoms with Gasteiger partial charge in [-0.15, -0.1) is 5.10 Å². The minimum absolute atomic E-state index is 0.221. The van der Waals surface area contributed by atoms with Gasteiger partial charge in [-0.2, -0.15) is 9.67 Å². The SMILES string of the molecule is CCCCOc1nc(-c2ccc(CC)cc2)n(C(=O)c2ccccc2Br)n1. The molecule has 0 aliphatic heterocycles. The molecule has 3 aromatic rings.